The highest BCUT2D eigenvalue weighted by atomic mass is 16.6. The highest BCUT2D eigenvalue weighted by molar-refractivity contribution is 6.01. The predicted molar refractivity (Wildman–Crippen MR) is 88.7 cm³/mol. The van der Waals surface area contributed by atoms with Crippen LogP contribution in [0.3, 0.4) is 0 Å². The van der Waals surface area contributed by atoms with Gasteiger partial charge in [-0.05, 0) is 44.9 Å². The molecule has 0 aromatic rings. The van der Waals surface area contributed by atoms with Crippen molar-refractivity contribution in [2.45, 2.75) is 82.8 Å². The molecule has 23 heavy (non-hydrogen) atoms. The fraction of sp³-hybridized carbons (Fsp3) is 0.789. The van der Waals surface area contributed by atoms with E-state index in [9.17, 15) is 9.59 Å². The largest absolute Gasteiger partial charge is 0.453 e. The second-order valence-electron chi connectivity index (χ2n) is 7.62. The number of fused-ring (bicyclic) bond motifs is 1. The molecule has 0 aromatic heterocycles. The smallest absolute Gasteiger partial charge is 0.336 e. The molecule has 3 aliphatic rings. The van der Waals surface area contributed by atoms with Crippen molar-refractivity contribution in [1.29, 1.82) is 0 Å². The van der Waals surface area contributed by atoms with Crippen molar-refractivity contribution in [2.24, 2.45) is 11.8 Å². The van der Waals surface area contributed by atoms with Gasteiger partial charge in [0.15, 0.2) is 11.1 Å². The molecule has 1 unspecified atom stereocenters. The molecule has 1 amide bonds. The van der Waals surface area contributed by atoms with E-state index in [0.717, 1.165) is 38.5 Å². The molecule has 0 saturated carbocycles. The van der Waals surface area contributed by atoms with Crippen LogP contribution in [0, 0.1) is 11.8 Å². The van der Waals surface area contributed by atoms with Crippen molar-refractivity contribution >= 4 is 11.9 Å². The number of carbonyl (C=O) groups excluding carboxylic acids is 2. The molecule has 0 spiro atoms. The van der Waals surface area contributed by atoms with E-state index in [1.54, 1.807) is 0 Å². The zero-order valence-electron chi connectivity index (χ0n) is 14.4. The first-order valence-corrected chi connectivity index (χ1v) is 9.25. The summed E-state index contributed by atoms with van der Waals surface area (Å²) < 4.78 is 5.59. The molecule has 3 rings (SSSR count). The van der Waals surface area contributed by atoms with E-state index in [1.807, 2.05) is 6.92 Å². The van der Waals surface area contributed by atoms with Crippen molar-refractivity contribution < 1.29 is 14.3 Å². The maximum atomic E-state index is 12.5. The second-order valence-corrected chi connectivity index (χ2v) is 7.62. The zero-order valence-corrected chi connectivity index (χ0v) is 14.4. The number of nitrogens with one attached hydrogen (secondary N) is 1. The van der Waals surface area contributed by atoms with Crippen molar-refractivity contribution in [1.82, 2.24) is 5.32 Å². The number of carbonyl (C=O) groups is 2. The Bertz CT molecular complexity index is 515. The van der Waals surface area contributed by atoms with E-state index < -0.39 is 11.1 Å². The van der Waals surface area contributed by atoms with Gasteiger partial charge in [0.25, 0.3) is 0 Å². The average molecular weight is 319 g/mol. The minimum atomic E-state index is -0.786. The van der Waals surface area contributed by atoms with E-state index in [0.29, 0.717) is 12.3 Å². The summed E-state index contributed by atoms with van der Waals surface area (Å²) in [6.07, 6.45) is 13.8. The summed E-state index contributed by atoms with van der Waals surface area (Å²) in [6, 6.07) is 0. The van der Waals surface area contributed by atoms with E-state index in [2.05, 4.69) is 24.4 Å². The molecule has 1 aliphatic carbocycles. The van der Waals surface area contributed by atoms with Gasteiger partial charge in [-0.2, -0.15) is 0 Å². The third kappa shape index (κ3) is 2.60. The third-order valence-electron chi connectivity index (χ3n) is 6.09. The minimum Gasteiger partial charge on any atom is -0.453 e. The molecule has 2 heterocycles. The lowest BCUT2D eigenvalue weighted by molar-refractivity contribution is -0.222. The normalized spacial score (nSPS) is 38.7. The van der Waals surface area contributed by atoms with E-state index in [4.69, 9.17) is 4.74 Å². The number of rotatable bonds is 7. The number of hydrogen-bond acceptors (Lipinski definition) is 3. The molecule has 4 nitrogen and oxygen atoms in total. The van der Waals surface area contributed by atoms with Crippen molar-refractivity contribution in [3.63, 3.8) is 0 Å². The van der Waals surface area contributed by atoms with E-state index in [1.165, 1.54) is 12.8 Å². The van der Waals surface area contributed by atoms with Crippen molar-refractivity contribution in [2.75, 3.05) is 0 Å². The van der Waals surface area contributed by atoms with Gasteiger partial charge in [-0.1, -0.05) is 44.8 Å². The molecule has 1 N–H and O–H groups in total. The maximum Gasteiger partial charge on any atom is 0.336 e. The van der Waals surface area contributed by atoms with Crippen LogP contribution in [-0.4, -0.2) is 23.0 Å². The Kier molecular flexibility index (Phi) is 4.52. The summed E-state index contributed by atoms with van der Waals surface area (Å²) in [7, 11) is 0. The minimum absolute atomic E-state index is 0.00892. The molecular weight excluding hydrogens is 290 g/mol. The Morgan fingerprint density at radius 2 is 2.13 bits per heavy atom. The number of amides is 1. The molecule has 2 fully saturated rings. The second kappa shape index (κ2) is 6.29. The molecule has 0 radical (unpaired) electrons. The quantitative estimate of drug-likeness (QED) is 0.444. The van der Waals surface area contributed by atoms with Gasteiger partial charge >= 0.3 is 5.97 Å². The van der Waals surface area contributed by atoms with Crippen LogP contribution in [0.25, 0.3) is 0 Å². The SMILES string of the molecule is CCCCCC[C@H]1C(=O)N[C@@]2(CC3C=CCCC3)C(=O)O[C@@]12C. The number of allylic oxidation sites excluding steroid dienone is 2. The van der Waals surface area contributed by atoms with Crippen LogP contribution in [0.15, 0.2) is 12.2 Å². The van der Waals surface area contributed by atoms with E-state index in [-0.39, 0.29) is 17.8 Å². The van der Waals surface area contributed by atoms with Crippen LogP contribution in [0.1, 0.15) is 71.6 Å². The number of ether oxygens (including phenoxy) is 1. The molecule has 0 bridgehead atoms. The first-order chi connectivity index (χ1) is 11.0. The summed E-state index contributed by atoms with van der Waals surface area (Å²) in [5.74, 6) is -0.0438. The first kappa shape index (κ1) is 16.5. The fourth-order valence-electron chi connectivity index (χ4n) is 4.58. The van der Waals surface area contributed by atoms with Crippen LogP contribution in [0.2, 0.25) is 0 Å². The van der Waals surface area contributed by atoms with Gasteiger partial charge in [-0.15, -0.1) is 0 Å². The average Bonchev–Trinajstić information content (AvgIpc) is 2.70. The zero-order chi connectivity index (χ0) is 16.5. The third-order valence-corrected chi connectivity index (χ3v) is 6.09. The Hall–Kier alpha value is -1.32. The molecule has 4 atom stereocenters. The lowest BCUT2D eigenvalue weighted by Gasteiger charge is -2.52. The summed E-state index contributed by atoms with van der Waals surface area (Å²) in [5.41, 5.74) is -1.44. The van der Waals surface area contributed by atoms with Gasteiger partial charge in [0.2, 0.25) is 5.91 Å². The van der Waals surface area contributed by atoms with Gasteiger partial charge in [-0.25, -0.2) is 4.79 Å². The number of esters is 1. The van der Waals surface area contributed by atoms with Gasteiger partial charge in [-0.3, -0.25) is 4.79 Å². The number of unbranched alkanes of at least 4 members (excludes halogenated alkanes) is 3. The summed E-state index contributed by atoms with van der Waals surface area (Å²) in [5, 5.41) is 3.05. The fourth-order valence-corrected chi connectivity index (χ4v) is 4.58. The van der Waals surface area contributed by atoms with Gasteiger partial charge in [0, 0.05) is 0 Å². The van der Waals surface area contributed by atoms with E-state index >= 15 is 0 Å². The van der Waals surface area contributed by atoms with Crippen LogP contribution in [0.5, 0.6) is 0 Å². The van der Waals surface area contributed by atoms with Crippen LogP contribution in [-0.2, 0) is 14.3 Å². The lowest BCUT2D eigenvalue weighted by atomic mass is 9.66. The molecule has 128 valence electrons. The summed E-state index contributed by atoms with van der Waals surface area (Å²) in [4.78, 5) is 24.9. The lowest BCUT2D eigenvalue weighted by Crippen LogP contribution is -2.74. The van der Waals surface area contributed by atoms with Crippen LogP contribution < -0.4 is 5.32 Å². The molecule has 0 aromatic carbocycles. The molecule has 2 saturated heterocycles. The van der Waals surface area contributed by atoms with Crippen molar-refractivity contribution in [3.8, 4) is 0 Å². The van der Waals surface area contributed by atoms with Gasteiger partial charge in [0.1, 0.15) is 0 Å². The Labute approximate surface area is 139 Å². The summed E-state index contributed by atoms with van der Waals surface area (Å²) in [6.45, 7) is 4.14. The number of hydrogen-bond donors (Lipinski definition) is 1. The molecule has 4 heteroatoms. The monoisotopic (exact) mass is 319 g/mol. The standard InChI is InChI=1S/C19H29NO3/c1-3-4-5-9-12-15-16(21)20-19(17(22)23-18(15,19)2)13-14-10-7-6-8-11-14/h7,10,14-15H,3-6,8-9,11-13H2,1-2H3,(H,20,21)/t14?,15-,18-,19-/m0/s1. The maximum absolute atomic E-state index is 12.5. The van der Waals surface area contributed by atoms with Crippen LogP contribution in [0.4, 0.5) is 0 Å². The highest BCUT2D eigenvalue weighted by Crippen LogP contribution is 2.53. The topological polar surface area (TPSA) is 55.4 Å². The van der Waals surface area contributed by atoms with Gasteiger partial charge < -0.3 is 10.1 Å². The van der Waals surface area contributed by atoms with Gasteiger partial charge in [0.05, 0.1) is 5.92 Å². The first-order valence-electron chi connectivity index (χ1n) is 9.25. The van der Waals surface area contributed by atoms with Crippen LogP contribution >= 0.6 is 0 Å². The Morgan fingerprint density at radius 1 is 1.30 bits per heavy atom. The Morgan fingerprint density at radius 3 is 2.78 bits per heavy atom. The molecule has 2 aliphatic heterocycles. The highest BCUT2D eigenvalue weighted by Gasteiger charge is 2.75. The Balaban J connectivity index is 1.72. The predicted octanol–water partition coefficient (Wildman–Crippen LogP) is 3.50. The summed E-state index contributed by atoms with van der Waals surface area (Å²) >= 11 is 0. The van der Waals surface area contributed by atoms with Crippen molar-refractivity contribution in [3.05, 3.63) is 12.2 Å². The molecular formula is C19H29NO3.